The molecule has 0 bridgehead atoms. The third-order valence-corrected chi connectivity index (χ3v) is 5.33. The van der Waals surface area contributed by atoms with E-state index >= 15 is 0 Å². The molecule has 2 N–H and O–H groups in total. The Morgan fingerprint density at radius 3 is 2.50 bits per heavy atom. The van der Waals surface area contributed by atoms with Crippen LogP contribution in [0.25, 0.3) is 22.0 Å². The highest BCUT2D eigenvalue weighted by Crippen LogP contribution is 2.33. The zero-order chi connectivity index (χ0) is 24.5. The third kappa shape index (κ3) is 4.63. The van der Waals surface area contributed by atoms with Crippen LogP contribution >= 0.6 is 0 Å². The maximum Gasteiger partial charge on any atom is 0.417 e. The van der Waals surface area contributed by atoms with Crippen LogP contribution in [0.2, 0.25) is 0 Å². The van der Waals surface area contributed by atoms with Gasteiger partial charge in [0.05, 0.1) is 23.7 Å². The second-order valence-electron chi connectivity index (χ2n) is 7.60. The molecule has 1 heterocycles. The van der Waals surface area contributed by atoms with E-state index in [1.165, 1.54) is 12.1 Å². The number of nitrogens with zero attached hydrogens (tertiary/aromatic N) is 2. The Morgan fingerprint density at radius 2 is 1.82 bits per heavy atom. The zero-order valence-electron chi connectivity index (χ0n) is 17.5. The number of rotatable bonds is 5. The summed E-state index contributed by atoms with van der Waals surface area (Å²) >= 11 is 0. The maximum absolute atomic E-state index is 14.6. The van der Waals surface area contributed by atoms with E-state index < -0.39 is 35.1 Å². The highest BCUT2D eigenvalue weighted by Gasteiger charge is 2.34. The Bertz CT molecular complexity index is 1410. The van der Waals surface area contributed by atoms with Gasteiger partial charge in [-0.1, -0.05) is 30.3 Å². The van der Waals surface area contributed by atoms with E-state index in [0.717, 1.165) is 12.1 Å². The van der Waals surface area contributed by atoms with Crippen LogP contribution in [0.3, 0.4) is 0 Å². The van der Waals surface area contributed by atoms with Crippen molar-refractivity contribution in [2.75, 3.05) is 5.32 Å². The number of aliphatic hydroxyl groups is 1. The minimum absolute atomic E-state index is 0.207. The third-order valence-electron chi connectivity index (χ3n) is 5.33. The van der Waals surface area contributed by atoms with Gasteiger partial charge < -0.3 is 15.0 Å². The highest BCUT2D eigenvalue weighted by atomic mass is 19.4. The fourth-order valence-corrected chi connectivity index (χ4v) is 3.66. The van der Waals surface area contributed by atoms with Crippen molar-refractivity contribution in [2.24, 2.45) is 0 Å². The fourth-order valence-electron chi connectivity index (χ4n) is 3.66. The van der Waals surface area contributed by atoms with Gasteiger partial charge in [-0.25, -0.2) is 4.39 Å². The first kappa shape index (κ1) is 23.0. The van der Waals surface area contributed by atoms with Gasteiger partial charge in [-0.15, -0.1) is 0 Å². The number of anilines is 1. The average molecular weight is 467 g/mol. The topological polar surface area (TPSA) is 78.1 Å². The number of aliphatic hydroxyl groups excluding tert-OH is 1. The Morgan fingerprint density at radius 1 is 1.09 bits per heavy atom. The number of carbonyl (C=O) groups excluding carboxylic acids is 1. The molecule has 0 aliphatic heterocycles. The number of amides is 1. The van der Waals surface area contributed by atoms with E-state index in [0.29, 0.717) is 28.1 Å². The molecule has 0 spiro atoms. The molecule has 34 heavy (non-hydrogen) atoms. The van der Waals surface area contributed by atoms with Crippen molar-refractivity contribution < 1.29 is 27.5 Å². The van der Waals surface area contributed by atoms with Gasteiger partial charge in [0.1, 0.15) is 5.82 Å². The number of benzene rings is 3. The van der Waals surface area contributed by atoms with Gasteiger partial charge in [0.2, 0.25) is 0 Å². The molecule has 0 fully saturated rings. The predicted octanol–water partition coefficient (Wildman–Crippen LogP) is 5.34. The van der Waals surface area contributed by atoms with Gasteiger partial charge in [0.15, 0.2) is 6.10 Å². The molecule has 5 nitrogen and oxygen atoms in total. The normalized spacial score (nSPS) is 12.4. The molecule has 172 valence electrons. The van der Waals surface area contributed by atoms with Crippen molar-refractivity contribution in [1.82, 2.24) is 4.57 Å². The summed E-state index contributed by atoms with van der Waals surface area (Å²) in [5.74, 6) is -1.35. The quantitative estimate of drug-likeness (QED) is 0.389. The van der Waals surface area contributed by atoms with Crippen molar-refractivity contribution in [1.29, 1.82) is 5.26 Å². The summed E-state index contributed by atoms with van der Waals surface area (Å²) in [5, 5.41) is 22.1. The minimum Gasteiger partial charge on any atom is -0.381 e. The molecule has 4 rings (SSSR count). The van der Waals surface area contributed by atoms with E-state index in [1.807, 2.05) is 6.07 Å². The lowest BCUT2D eigenvalue weighted by molar-refractivity contribution is -0.137. The van der Waals surface area contributed by atoms with Crippen LogP contribution < -0.4 is 5.32 Å². The SMILES string of the molecule is N#Cc1ccc(NC(=O)C(O)Cn2ccc3cc(F)c(-c4ccccc4)cc32)cc1C(F)(F)F. The Balaban J connectivity index is 1.56. The van der Waals surface area contributed by atoms with Gasteiger partial charge in [-0.3, -0.25) is 4.79 Å². The number of hydrogen-bond acceptors (Lipinski definition) is 3. The van der Waals surface area contributed by atoms with Crippen LogP contribution in [0.5, 0.6) is 0 Å². The largest absolute Gasteiger partial charge is 0.417 e. The van der Waals surface area contributed by atoms with Gasteiger partial charge in [-0.2, -0.15) is 18.4 Å². The van der Waals surface area contributed by atoms with Crippen LogP contribution in [-0.4, -0.2) is 21.7 Å². The van der Waals surface area contributed by atoms with Crippen molar-refractivity contribution >= 4 is 22.5 Å². The summed E-state index contributed by atoms with van der Waals surface area (Å²) < 4.78 is 55.6. The molecule has 4 aromatic rings. The molecule has 0 saturated carbocycles. The summed E-state index contributed by atoms with van der Waals surface area (Å²) in [6.45, 7) is -0.211. The van der Waals surface area contributed by atoms with Crippen LogP contribution in [0.15, 0.2) is 72.9 Å². The molecule has 1 amide bonds. The first-order valence-electron chi connectivity index (χ1n) is 10.1. The average Bonchev–Trinajstić information content (AvgIpc) is 3.19. The first-order valence-corrected chi connectivity index (χ1v) is 10.1. The van der Waals surface area contributed by atoms with Gasteiger partial charge in [0.25, 0.3) is 5.91 Å². The second kappa shape index (κ2) is 9.00. The molecule has 0 saturated heterocycles. The number of hydrogen-bond donors (Lipinski definition) is 2. The number of nitriles is 1. The van der Waals surface area contributed by atoms with Crippen LogP contribution in [0.4, 0.5) is 23.2 Å². The molecule has 9 heteroatoms. The van der Waals surface area contributed by atoms with Gasteiger partial charge in [0, 0.05) is 28.4 Å². The Labute approximate surface area is 191 Å². The van der Waals surface area contributed by atoms with Crippen molar-refractivity contribution in [3.05, 3.63) is 89.9 Å². The van der Waals surface area contributed by atoms with Crippen LogP contribution in [0.1, 0.15) is 11.1 Å². The van der Waals surface area contributed by atoms with Gasteiger partial charge >= 0.3 is 6.18 Å². The number of fused-ring (bicyclic) bond motifs is 1. The number of carbonyl (C=O) groups is 1. The first-order chi connectivity index (χ1) is 16.2. The van der Waals surface area contributed by atoms with Crippen molar-refractivity contribution in [3.63, 3.8) is 0 Å². The Kier molecular flexibility index (Phi) is 6.09. The summed E-state index contributed by atoms with van der Waals surface area (Å²) in [4.78, 5) is 12.5. The monoisotopic (exact) mass is 467 g/mol. The van der Waals surface area contributed by atoms with Crippen molar-refractivity contribution in [2.45, 2.75) is 18.8 Å². The molecule has 0 radical (unpaired) electrons. The second-order valence-corrected chi connectivity index (χ2v) is 7.60. The molecule has 0 aliphatic carbocycles. The van der Waals surface area contributed by atoms with E-state index in [2.05, 4.69) is 5.32 Å². The number of aromatic nitrogens is 1. The number of halogens is 4. The molecule has 1 unspecified atom stereocenters. The molecule has 1 atom stereocenters. The lowest BCUT2D eigenvalue weighted by Gasteiger charge is -2.15. The van der Waals surface area contributed by atoms with Crippen LogP contribution in [-0.2, 0) is 17.5 Å². The zero-order valence-corrected chi connectivity index (χ0v) is 17.5. The summed E-state index contributed by atoms with van der Waals surface area (Å²) in [6, 6.07) is 17.7. The van der Waals surface area contributed by atoms with Crippen molar-refractivity contribution in [3.8, 4) is 17.2 Å². The summed E-state index contributed by atoms with van der Waals surface area (Å²) in [5.41, 5.74) is -0.384. The molecular weight excluding hydrogens is 450 g/mol. The molecular formula is C25H17F4N3O2. The lowest BCUT2D eigenvalue weighted by Crippen LogP contribution is -2.31. The van der Waals surface area contributed by atoms with Gasteiger partial charge in [-0.05, 0) is 42.0 Å². The molecule has 3 aromatic carbocycles. The predicted molar refractivity (Wildman–Crippen MR) is 118 cm³/mol. The number of alkyl halides is 3. The maximum atomic E-state index is 14.6. The fraction of sp³-hybridized carbons (Fsp3) is 0.120. The summed E-state index contributed by atoms with van der Waals surface area (Å²) in [7, 11) is 0. The Hall–Kier alpha value is -4.16. The lowest BCUT2D eigenvalue weighted by atomic mass is 10.0. The van der Waals surface area contributed by atoms with E-state index in [-0.39, 0.29) is 12.2 Å². The van der Waals surface area contributed by atoms with E-state index in [1.54, 1.807) is 47.2 Å². The summed E-state index contributed by atoms with van der Waals surface area (Å²) in [6.07, 6.45) is -4.80. The molecule has 1 aromatic heterocycles. The van der Waals surface area contributed by atoms with E-state index in [4.69, 9.17) is 5.26 Å². The number of nitrogens with one attached hydrogen (secondary N) is 1. The minimum atomic E-state index is -4.78. The van der Waals surface area contributed by atoms with E-state index in [9.17, 15) is 27.5 Å². The van der Waals surface area contributed by atoms with Crippen LogP contribution in [0, 0.1) is 17.1 Å². The smallest absolute Gasteiger partial charge is 0.381 e. The highest BCUT2D eigenvalue weighted by molar-refractivity contribution is 5.94. The molecule has 0 aliphatic rings. The standard InChI is InChI=1S/C25H17F4N3O2/c26-21-10-16-8-9-32(22(16)12-19(21)15-4-2-1-3-5-15)14-23(33)24(34)31-18-7-6-17(13-30)20(11-18)25(27,28)29/h1-12,23,33H,14H2,(H,31,34).